The normalized spacial score (nSPS) is 44.3. The first-order valence-electron chi connectivity index (χ1n) is 15.5. The van der Waals surface area contributed by atoms with Gasteiger partial charge in [0.25, 0.3) is 0 Å². The minimum absolute atomic E-state index is 0.00715. The SMILES string of the molecule is COC(=O)[C@]1(C)CCC[C@]2(C)[C@H]3C[C@H]4C(C(C)C)=C[C@]3(CC[C@H]21)[C@H]1[C@@H]4[C@@H](OCCC#N)CC[C@@H]1OCCC#N. The molecule has 6 nitrogen and oxygen atoms in total. The van der Waals surface area contributed by atoms with Crippen LogP contribution in [-0.2, 0) is 19.0 Å². The number of allylic oxidation sites excluding steroid dienone is 2. The van der Waals surface area contributed by atoms with Gasteiger partial charge in [-0.1, -0.05) is 38.8 Å². The summed E-state index contributed by atoms with van der Waals surface area (Å²) >= 11 is 0. The van der Waals surface area contributed by atoms with Gasteiger partial charge in [-0.3, -0.25) is 4.79 Å². The molecule has 6 heteroatoms. The summed E-state index contributed by atoms with van der Waals surface area (Å²) < 4.78 is 18.5. The van der Waals surface area contributed by atoms with Gasteiger partial charge >= 0.3 is 5.97 Å². The number of hydrogen-bond donors (Lipinski definition) is 0. The molecule has 4 saturated carbocycles. The Hall–Kier alpha value is -1.89. The molecule has 6 rings (SSSR count). The zero-order chi connectivity index (χ0) is 28.0. The molecule has 0 aromatic rings. The molecule has 0 N–H and O–H groups in total. The molecular weight excluding hydrogens is 488 g/mol. The van der Waals surface area contributed by atoms with Gasteiger partial charge in [-0.25, -0.2) is 0 Å². The molecule has 6 aliphatic carbocycles. The van der Waals surface area contributed by atoms with E-state index >= 15 is 0 Å². The fourth-order valence-electron chi connectivity index (χ4n) is 10.9. The largest absolute Gasteiger partial charge is 0.469 e. The molecular formula is C33H48N2O4. The maximum Gasteiger partial charge on any atom is 0.311 e. The van der Waals surface area contributed by atoms with Crippen molar-refractivity contribution >= 4 is 5.97 Å². The van der Waals surface area contributed by atoms with Crippen molar-refractivity contribution in [2.75, 3.05) is 20.3 Å². The lowest BCUT2D eigenvalue weighted by Crippen LogP contribution is -2.68. The zero-order valence-electron chi connectivity index (χ0n) is 24.7. The van der Waals surface area contributed by atoms with Crippen molar-refractivity contribution in [1.29, 1.82) is 10.5 Å². The standard InChI is InChI=1S/C33H48N2O4/c1-21(2)23-20-33-14-11-26-31(3,12-6-13-32(26,4)30(36)37-5)27(33)19-22(23)28-24(38-17-7-15-34)9-10-25(29(28)33)39-18-8-16-35/h20-22,24-29H,6-14,17-19H2,1-5H3/t22-,24-,25-,26+,27+,28-,29+,31-,32+,33-/m0/s1. The van der Waals surface area contributed by atoms with Crippen molar-refractivity contribution < 1.29 is 19.0 Å². The highest BCUT2D eigenvalue weighted by Gasteiger charge is 2.71. The topological polar surface area (TPSA) is 92.3 Å². The van der Waals surface area contributed by atoms with E-state index in [4.69, 9.17) is 14.2 Å². The molecule has 10 atom stereocenters. The van der Waals surface area contributed by atoms with Crippen LogP contribution in [0.4, 0.5) is 0 Å². The molecule has 6 aliphatic rings. The van der Waals surface area contributed by atoms with E-state index in [1.807, 2.05) is 0 Å². The summed E-state index contributed by atoms with van der Waals surface area (Å²) in [5.41, 5.74) is 1.23. The molecule has 4 fully saturated rings. The Balaban J connectivity index is 1.59. The third-order valence-electron chi connectivity index (χ3n) is 12.1. The fourth-order valence-corrected chi connectivity index (χ4v) is 10.9. The lowest BCUT2D eigenvalue weighted by molar-refractivity contribution is -0.239. The van der Waals surface area contributed by atoms with Gasteiger partial charge in [0.2, 0.25) is 0 Å². The highest BCUT2D eigenvalue weighted by Crippen LogP contribution is 2.75. The van der Waals surface area contributed by atoms with Crippen molar-refractivity contribution in [3.05, 3.63) is 11.6 Å². The quantitative estimate of drug-likeness (QED) is 0.197. The number of esters is 1. The maximum absolute atomic E-state index is 13.2. The highest BCUT2D eigenvalue weighted by atomic mass is 16.5. The Bertz CT molecular complexity index is 1060. The smallest absolute Gasteiger partial charge is 0.311 e. The summed E-state index contributed by atoms with van der Waals surface area (Å²) in [6.07, 6.45) is 12.1. The van der Waals surface area contributed by atoms with E-state index in [0.717, 1.165) is 51.4 Å². The molecule has 0 heterocycles. The number of ether oxygens (including phenoxy) is 3. The van der Waals surface area contributed by atoms with E-state index in [9.17, 15) is 15.3 Å². The second-order valence-electron chi connectivity index (χ2n) is 14.0. The van der Waals surface area contributed by atoms with Crippen LogP contribution in [0.25, 0.3) is 0 Å². The van der Waals surface area contributed by atoms with E-state index in [-0.39, 0.29) is 29.0 Å². The first-order valence-corrected chi connectivity index (χ1v) is 15.5. The van der Waals surface area contributed by atoms with Gasteiger partial charge in [0.05, 0.1) is 62.9 Å². The maximum atomic E-state index is 13.2. The van der Waals surface area contributed by atoms with Gasteiger partial charge in [0, 0.05) is 5.92 Å². The van der Waals surface area contributed by atoms with Gasteiger partial charge in [0.15, 0.2) is 0 Å². The summed E-state index contributed by atoms with van der Waals surface area (Å²) in [4.78, 5) is 13.2. The number of hydrogen-bond acceptors (Lipinski definition) is 6. The predicted octanol–water partition coefficient (Wildman–Crippen LogP) is 6.61. The second kappa shape index (κ2) is 10.8. The van der Waals surface area contributed by atoms with Gasteiger partial charge in [-0.2, -0.15) is 10.5 Å². The average Bonchev–Trinajstić information content (AvgIpc) is 2.92. The minimum Gasteiger partial charge on any atom is -0.469 e. The number of rotatable bonds is 8. The van der Waals surface area contributed by atoms with Crippen LogP contribution in [0, 0.1) is 74.4 Å². The monoisotopic (exact) mass is 536 g/mol. The molecule has 2 bridgehead atoms. The highest BCUT2D eigenvalue weighted by molar-refractivity contribution is 5.77. The molecule has 0 saturated heterocycles. The summed E-state index contributed by atoms with van der Waals surface area (Å²) in [7, 11) is 1.55. The van der Waals surface area contributed by atoms with Gasteiger partial charge < -0.3 is 14.2 Å². The number of methoxy groups -OCH3 is 1. The Morgan fingerprint density at radius 3 is 2.31 bits per heavy atom. The van der Waals surface area contributed by atoms with Crippen LogP contribution in [0.2, 0.25) is 0 Å². The summed E-state index contributed by atoms with van der Waals surface area (Å²) in [5, 5.41) is 18.4. The average molecular weight is 537 g/mol. The van der Waals surface area contributed by atoms with Crippen LogP contribution in [0.1, 0.15) is 91.9 Å². The van der Waals surface area contributed by atoms with Crippen molar-refractivity contribution in [1.82, 2.24) is 0 Å². The van der Waals surface area contributed by atoms with E-state index in [1.54, 1.807) is 12.7 Å². The zero-order valence-corrected chi connectivity index (χ0v) is 24.7. The fraction of sp³-hybridized carbons (Fsp3) is 0.848. The van der Waals surface area contributed by atoms with Crippen LogP contribution >= 0.6 is 0 Å². The number of fused-ring (bicyclic) bond motifs is 1. The van der Waals surface area contributed by atoms with E-state index < -0.39 is 5.41 Å². The molecule has 0 radical (unpaired) electrons. The second-order valence-corrected chi connectivity index (χ2v) is 14.0. The Morgan fingerprint density at radius 1 is 1.00 bits per heavy atom. The number of carbonyl (C=O) groups is 1. The molecule has 214 valence electrons. The van der Waals surface area contributed by atoms with E-state index in [0.29, 0.717) is 61.6 Å². The van der Waals surface area contributed by atoms with Gasteiger partial charge in [0.1, 0.15) is 0 Å². The minimum atomic E-state index is -0.428. The number of carbonyl (C=O) groups excluding carboxylic acids is 1. The Morgan fingerprint density at radius 2 is 1.67 bits per heavy atom. The lowest BCUT2D eigenvalue weighted by atomic mass is 9.33. The van der Waals surface area contributed by atoms with Gasteiger partial charge in [-0.05, 0) is 92.3 Å². The molecule has 0 unspecified atom stereocenters. The summed E-state index contributed by atoms with van der Waals surface area (Å²) in [6.45, 7) is 10.3. The van der Waals surface area contributed by atoms with Crippen LogP contribution in [0.15, 0.2) is 11.6 Å². The third kappa shape index (κ3) is 4.36. The third-order valence-corrected chi connectivity index (χ3v) is 12.1. The van der Waals surface area contributed by atoms with Crippen molar-refractivity contribution in [3.8, 4) is 12.1 Å². The van der Waals surface area contributed by atoms with Crippen LogP contribution in [0.5, 0.6) is 0 Å². The Kier molecular flexibility index (Phi) is 7.95. The molecule has 0 aromatic carbocycles. The summed E-state index contributed by atoms with van der Waals surface area (Å²) in [5.74, 6) is 2.39. The van der Waals surface area contributed by atoms with E-state index in [2.05, 4.69) is 45.9 Å². The summed E-state index contributed by atoms with van der Waals surface area (Å²) in [6, 6.07) is 4.52. The van der Waals surface area contributed by atoms with Crippen LogP contribution < -0.4 is 0 Å². The number of nitrogens with zero attached hydrogens (tertiary/aromatic N) is 2. The van der Waals surface area contributed by atoms with Crippen LogP contribution in [0.3, 0.4) is 0 Å². The molecule has 0 aromatic heterocycles. The van der Waals surface area contributed by atoms with Crippen molar-refractivity contribution in [2.24, 2.45) is 51.8 Å². The predicted molar refractivity (Wildman–Crippen MR) is 148 cm³/mol. The first-order chi connectivity index (χ1) is 18.7. The van der Waals surface area contributed by atoms with Crippen molar-refractivity contribution in [2.45, 2.75) is 104 Å². The molecule has 39 heavy (non-hydrogen) atoms. The molecule has 0 amide bonds. The van der Waals surface area contributed by atoms with E-state index in [1.165, 1.54) is 0 Å². The first kappa shape index (κ1) is 28.6. The molecule has 0 aliphatic heterocycles. The number of nitriles is 2. The van der Waals surface area contributed by atoms with Crippen molar-refractivity contribution in [3.63, 3.8) is 0 Å². The van der Waals surface area contributed by atoms with Gasteiger partial charge in [-0.15, -0.1) is 0 Å². The molecule has 1 spiro atoms. The van der Waals surface area contributed by atoms with Crippen LogP contribution in [-0.4, -0.2) is 38.5 Å². The Labute approximate surface area is 235 Å². The lowest BCUT2D eigenvalue weighted by Gasteiger charge is -2.72.